The van der Waals surface area contributed by atoms with E-state index in [1.54, 1.807) is 31.4 Å². The van der Waals surface area contributed by atoms with E-state index >= 15 is 0 Å². The maximum Gasteiger partial charge on any atom is 0.280 e. The molecule has 0 atom stereocenters. The third-order valence-corrected chi connectivity index (χ3v) is 1.45. The molecular weight excluding hydrogens is 193 g/mol. The third kappa shape index (κ3) is 3.80. The maximum absolute atomic E-state index is 10.5. The van der Waals surface area contributed by atoms with Crippen LogP contribution in [0.5, 0.6) is 5.75 Å². The van der Waals surface area contributed by atoms with Crippen LogP contribution in [0.1, 0.15) is 0 Å². The van der Waals surface area contributed by atoms with E-state index < -0.39 is 0 Å². The van der Waals surface area contributed by atoms with Gasteiger partial charge in [0.05, 0.1) is 7.11 Å². The molecule has 0 saturated carbocycles. The Morgan fingerprint density at radius 3 is 2.31 bits per heavy atom. The molecule has 1 aromatic carbocycles. The van der Waals surface area contributed by atoms with Gasteiger partial charge in [-0.15, -0.1) is 0 Å². The predicted molar refractivity (Wildman–Crippen MR) is 53.5 cm³/mol. The standard InChI is InChI=1S/C8H9NO2S.FH/c1-11-7-4-2-6(3-5-7)9-8(10)12;/h2-5H,1H3,(H2,9,10,12);1H. The summed E-state index contributed by atoms with van der Waals surface area (Å²) in [5.74, 6) is 0.757. The van der Waals surface area contributed by atoms with Gasteiger partial charge >= 0.3 is 0 Å². The Morgan fingerprint density at radius 1 is 1.38 bits per heavy atom. The number of rotatable bonds is 2. The molecule has 1 rings (SSSR count). The summed E-state index contributed by atoms with van der Waals surface area (Å²) < 4.78 is 4.94. The second-order valence-corrected chi connectivity index (χ2v) is 2.56. The number of halogens is 1. The van der Waals surface area contributed by atoms with E-state index in [9.17, 15) is 4.79 Å². The first-order chi connectivity index (χ1) is 5.72. The molecule has 0 aromatic heterocycles. The van der Waals surface area contributed by atoms with Crippen LogP contribution in [-0.4, -0.2) is 12.3 Å². The first-order valence-electron chi connectivity index (χ1n) is 3.36. The smallest absolute Gasteiger partial charge is 0.280 e. The van der Waals surface area contributed by atoms with E-state index in [-0.39, 0.29) is 9.94 Å². The van der Waals surface area contributed by atoms with Crippen molar-refractivity contribution in [3.63, 3.8) is 0 Å². The quantitative estimate of drug-likeness (QED) is 0.724. The molecule has 0 radical (unpaired) electrons. The molecule has 0 spiro atoms. The summed E-state index contributed by atoms with van der Waals surface area (Å²) in [6, 6.07) is 7.01. The highest BCUT2D eigenvalue weighted by Crippen LogP contribution is 2.14. The van der Waals surface area contributed by atoms with Crippen molar-refractivity contribution in [2.45, 2.75) is 0 Å². The van der Waals surface area contributed by atoms with Crippen LogP contribution < -0.4 is 10.1 Å². The highest BCUT2D eigenvalue weighted by atomic mass is 32.1. The summed E-state index contributed by atoms with van der Waals surface area (Å²) >= 11 is 3.58. The number of carbonyl (C=O) groups is 1. The fourth-order valence-electron chi connectivity index (χ4n) is 0.798. The number of ether oxygens (including phenoxy) is 1. The molecule has 0 aliphatic heterocycles. The first kappa shape index (κ1) is 11.8. The largest absolute Gasteiger partial charge is 0.497 e. The highest BCUT2D eigenvalue weighted by molar-refractivity contribution is 7.96. The summed E-state index contributed by atoms with van der Waals surface area (Å²) in [6.07, 6.45) is 0. The van der Waals surface area contributed by atoms with Crippen LogP contribution in [0.2, 0.25) is 0 Å². The summed E-state index contributed by atoms with van der Waals surface area (Å²) in [7, 11) is 1.59. The summed E-state index contributed by atoms with van der Waals surface area (Å²) in [6.45, 7) is 0. The molecule has 0 aliphatic rings. The minimum Gasteiger partial charge on any atom is -0.497 e. The van der Waals surface area contributed by atoms with Gasteiger partial charge in [0.25, 0.3) is 5.24 Å². The number of carbonyl (C=O) groups excluding carboxylic acids is 1. The molecule has 0 aliphatic carbocycles. The zero-order chi connectivity index (χ0) is 8.97. The van der Waals surface area contributed by atoms with E-state index in [0.29, 0.717) is 5.69 Å². The number of hydrogen-bond acceptors (Lipinski definition) is 2. The number of amides is 1. The van der Waals surface area contributed by atoms with Crippen LogP contribution in [0.3, 0.4) is 0 Å². The normalized spacial score (nSPS) is 8.46. The third-order valence-electron chi connectivity index (χ3n) is 1.34. The lowest BCUT2D eigenvalue weighted by Crippen LogP contribution is -2.00. The van der Waals surface area contributed by atoms with Gasteiger partial charge in [0.2, 0.25) is 0 Å². The first-order valence-corrected chi connectivity index (χ1v) is 3.81. The van der Waals surface area contributed by atoms with Gasteiger partial charge in [-0.2, -0.15) is 0 Å². The molecular formula is C8H10FNO2S. The monoisotopic (exact) mass is 203 g/mol. The fourth-order valence-corrected chi connectivity index (χ4v) is 0.927. The Labute approximate surface area is 80.9 Å². The summed E-state index contributed by atoms with van der Waals surface area (Å²) in [5.41, 5.74) is 0.704. The lowest BCUT2D eigenvalue weighted by atomic mass is 10.3. The van der Waals surface area contributed by atoms with E-state index in [1.807, 2.05) is 0 Å². The average molecular weight is 203 g/mol. The lowest BCUT2D eigenvalue weighted by Gasteiger charge is -2.02. The molecule has 0 fully saturated rings. The van der Waals surface area contributed by atoms with E-state index in [2.05, 4.69) is 17.9 Å². The van der Waals surface area contributed by atoms with Crippen LogP contribution in [0, 0.1) is 0 Å². The van der Waals surface area contributed by atoms with Gasteiger partial charge in [0, 0.05) is 5.69 Å². The minimum atomic E-state index is -0.375. The van der Waals surface area contributed by atoms with E-state index in [4.69, 9.17) is 4.74 Å². The molecule has 13 heavy (non-hydrogen) atoms. The predicted octanol–water partition coefficient (Wildman–Crippen LogP) is 2.31. The average Bonchev–Trinajstić information content (AvgIpc) is 2.05. The van der Waals surface area contributed by atoms with Gasteiger partial charge in [-0.3, -0.25) is 9.50 Å². The lowest BCUT2D eigenvalue weighted by molar-refractivity contribution is 0.270. The minimum absolute atomic E-state index is 0. The van der Waals surface area contributed by atoms with Crippen molar-refractivity contribution in [3.8, 4) is 5.75 Å². The zero-order valence-electron chi connectivity index (χ0n) is 6.98. The van der Waals surface area contributed by atoms with Crippen molar-refractivity contribution in [1.82, 2.24) is 0 Å². The molecule has 0 bridgehead atoms. The van der Waals surface area contributed by atoms with Crippen molar-refractivity contribution < 1.29 is 14.2 Å². The molecule has 0 unspecified atom stereocenters. The molecule has 0 heterocycles. The molecule has 5 heteroatoms. The van der Waals surface area contributed by atoms with Gasteiger partial charge in [-0.1, -0.05) is 12.6 Å². The van der Waals surface area contributed by atoms with Crippen LogP contribution in [0.15, 0.2) is 24.3 Å². The van der Waals surface area contributed by atoms with Crippen LogP contribution in [0.25, 0.3) is 0 Å². The van der Waals surface area contributed by atoms with E-state index in [1.165, 1.54) is 0 Å². The molecule has 3 nitrogen and oxygen atoms in total. The van der Waals surface area contributed by atoms with Gasteiger partial charge in [-0.05, 0) is 24.3 Å². The van der Waals surface area contributed by atoms with Gasteiger partial charge in [0.15, 0.2) is 0 Å². The Hall–Kier alpha value is -1.23. The van der Waals surface area contributed by atoms with Crippen molar-refractivity contribution in [1.29, 1.82) is 0 Å². The molecule has 0 saturated heterocycles. The Morgan fingerprint density at radius 2 is 1.92 bits per heavy atom. The summed E-state index contributed by atoms with van der Waals surface area (Å²) in [4.78, 5) is 10.5. The van der Waals surface area contributed by atoms with Crippen molar-refractivity contribution in [3.05, 3.63) is 24.3 Å². The molecule has 72 valence electrons. The van der Waals surface area contributed by atoms with Crippen LogP contribution >= 0.6 is 12.6 Å². The zero-order valence-corrected chi connectivity index (χ0v) is 7.88. The van der Waals surface area contributed by atoms with Crippen molar-refractivity contribution in [2.75, 3.05) is 12.4 Å². The van der Waals surface area contributed by atoms with Crippen molar-refractivity contribution in [2.24, 2.45) is 0 Å². The highest BCUT2D eigenvalue weighted by Gasteiger charge is 1.95. The van der Waals surface area contributed by atoms with Gasteiger partial charge in [-0.25, -0.2) is 0 Å². The van der Waals surface area contributed by atoms with Crippen LogP contribution in [0.4, 0.5) is 15.2 Å². The maximum atomic E-state index is 10.5. The molecule has 1 aromatic rings. The number of benzene rings is 1. The Balaban J connectivity index is 0.00000144. The fraction of sp³-hybridized carbons (Fsp3) is 0.125. The SMILES string of the molecule is COc1ccc(NC(=O)S)cc1.F. The number of anilines is 1. The Bertz CT molecular complexity index is 276. The van der Waals surface area contributed by atoms with Gasteiger partial charge < -0.3 is 10.1 Å². The number of nitrogens with one attached hydrogen (secondary N) is 1. The second kappa shape index (κ2) is 5.42. The number of hydrogen-bond donors (Lipinski definition) is 2. The topological polar surface area (TPSA) is 38.3 Å². The molecule has 1 amide bonds. The van der Waals surface area contributed by atoms with Crippen LogP contribution in [-0.2, 0) is 0 Å². The van der Waals surface area contributed by atoms with E-state index in [0.717, 1.165) is 5.75 Å². The van der Waals surface area contributed by atoms with Crippen molar-refractivity contribution >= 4 is 23.6 Å². The number of thiol groups is 1. The Kier molecular flexibility index (Phi) is 4.91. The second-order valence-electron chi connectivity index (χ2n) is 2.16. The molecule has 1 N–H and O–H groups in total. The van der Waals surface area contributed by atoms with Gasteiger partial charge in [0.1, 0.15) is 5.75 Å². The number of methoxy groups -OCH3 is 1. The summed E-state index contributed by atoms with van der Waals surface area (Å²) in [5, 5.41) is 2.15.